The zero-order chi connectivity index (χ0) is 39.6. The molecule has 1 amide bonds. The van der Waals surface area contributed by atoms with Crippen molar-refractivity contribution < 1.29 is 28.2 Å². The minimum Gasteiger partial charge on any atom is -0.457 e. The van der Waals surface area contributed by atoms with Gasteiger partial charge in [0.1, 0.15) is 28.9 Å². The topological polar surface area (TPSA) is 126 Å². The van der Waals surface area contributed by atoms with Crippen molar-refractivity contribution in [3.8, 4) is 17.6 Å². The van der Waals surface area contributed by atoms with Gasteiger partial charge in [0.05, 0.1) is 9.31 Å². The molecule has 9 nitrogen and oxygen atoms in total. The van der Waals surface area contributed by atoms with Gasteiger partial charge in [-0.25, -0.2) is 4.39 Å². The fourth-order valence-corrected chi connectivity index (χ4v) is 8.30. The predicted octanol–water partition coefficient (Wildman–Crippen LogP) is 9.08. The number of amides is 1. The molecule has 2 saturated heterocycles. The third-order valence-corrected chi connectivity index (χ3v) is 11.6. The second-order valence-electron chi connectivity index (χ2n) is 15.0. The lowest BCUT2D eigenvalue weighted by Crippen LogP contribution is -2.63. The number of likely N-dealkylation sites (tertiary alicyclic amines) is 2. The number of hydrogen-bond donors (Lipinski definition) is 1. The van der Waals surface area contributed by atoms with Gasteiger partial charge in [-0.2, -0.15) is 5.26 Å². The van der Waals surface area contributed by atoms with Crippen LogP contribution in [0.5, 0.6) is 11.5 Å². The van der Waals surface area contributed by atoms with E-state index in [1.165, 1.54) is 18.6 Å². The van der Waals surface area contributed by atoms with Gasteiger partial charge in [0.25, 0.3) is 0 Å². The van der Waals surface area contributed by atoms with Gasteiger partial charge >= 0.3 is 5.97 Å². The van der Waals surface area contributed by atoms with E-state index < -0.39 is 11.6 Å². The molecule has 3 atom stereocenters. The molecule has 6 rings (SSSR count). The summed E-state index contributed by atoms with van der Waals surface area (Å²) in [4.78, 5) is 41.7. The number of halogens is 3. The van der Waals surface area contributed by atoms with Crippen LogP contribution >= 0.6 is 31.9 Å². The highest BCUT2D eigenvalue weighted by molar-refractivity contribution is 9.28. The van der Waals surface area contributed by atoms with E-state index in [1.807, 2.05) is 50.3 Å². The van der Waals surface area contributed by atoms with Crippen LogP contribution in [-0.4, -0.2) is 65.7 Å². The number of nitrogens with two attached hydrogens (primary N) is 1. The Hall–Kier alpha value is -3.89. The monoisotopic (exact) mass is 878 g/mol. The first-order valence-corrected chi connectivity index (χ1v) is 20.4. The average Bonchev–Trinajstić information content (AvgIpc) is 3.73. The lowest BCUT2D eigenvalue weighted by molar-refractivity contribution is -0.149. The quantitative estimate of drug-likeness (QED) is 0.133. The van der Waals surface area contributed by atoms with Crippen molar-refractivity contribution in [2.75, 3.05) is 32.7 Å². The van der Waals surface area contributed by atoms with Crippen molar-refractivity contribution in [2.45, 2.75) is 70.4 Å². The average molecular weight is 881 g/mol. The van der Waals surface area contributed by atoms with Gasteiger partial charge in [0.15, 0.2) is 5.78 Å². The first-order chi connectivity index (χ1) is 26.3. The number of nitriles is 1. The van der Waals surface area contributed by atoms with Crippen molar-refractivity contribution in [1.29, 1.82) is 5.26 Å². The summed E-state index contributed by atoms with van der Waals surface area (Å²) in [6, 6.07) is 24.2. The van der Waals surface area contributed by atoms with Crippen LogP contribution in [0.2, 0.25) is 0 Å². The van der Waals surface area contributed by atoms with E-state index in [0.29, 0.717) is 29.0 Å². The van der Waals surface area contributed by atoms with E-state index in [4.69, 9.17) is 15.2 Å². The van der Waals surface area contributed by atoms with Gasteiger partial charge in [-0.3, -0.25) is 19.3 Å². The van der Waals surface area contributed by atoms with Gasteiger partial charge in [-0.1, -0.05) is 56.7 Å². The molecule has 2 N–H and O–H groups in total. The van der Waals surface area contributed by atoms with Crippen LogP contribution in [0.3, 0.4) is 0 Å². The SMILES string of the molecule is CC1(C)[C@H](C(=O)O[C@H](C#N)c2cccc(Oc3ccccc3)c2)[C@@H]1C=C(Br)Br.NC(=O)C1(N2CCCCC2)CCN(CCCC(=O)c2ccc(F)cc2)CC1. The molecule has 3 fully saturated rings. The van der Waals surface area contributed by atoms with E-state index in [1.54, 1.807) is 36.4 Å². The molecule has 2 aliphatic heterocycles. The molecular weight excluding hydrogens is 831 g/mol. The summed E-state index contributed by atoms with van der Waals surface area (Å²) >= 11 is 6.68. The Labute approximate surface area is 340 Å². The van der Waals surface area contributed by atoms with Crippen molar-refractivity contribution in [2.24, 2.45) is 23.0 Å². The summed E-state index contributed by atoms with van der Waals surface area (Å²) < 4.78 is 25.1. The summed E-state index contributed by atoms with van der Waals surface area (Å²) in [5, 5.41) is 9.56. The van der Waals surface area contributed by atoms with Gasteiger partial charge in [-0.05, 0) is 143 Å². The highest BCUT2D eigenvalue weighted by atomic mass is 79.9. The first-order valence-electron chi connectivity index (χ1n) is 18.9. The molecule has 3 aromatic carbocycles. The largest absolute Gasteiger partial charge is 0.457 e. The third kappa shape index (κ3) is 11.1. The minimum atomic E-state index is -0.986. The van der Waals surface area contributed by atoms with Gasteiger partial charge < -0.3 is 20.1 Å². The highest BCUT2D eigenvalue weighted by Crippen LogP contribution is 2.60. The van der Waals surface area contributed by atoms with Crippen molar-refractivity contribution in [1.82, 2.24) is 9.80 Å². The molecule has 0 radical (unpaired) electrons. The first kappa shape index (κ1) is 42.3. The number of allylic oxidation sites excluding steroid dienone is 1. The van der Waals surface area contributed by atoms with Crippen LogP contribution in [0.15, 0.2) is 88.3 Å². The molecule has 0 spiro atoms. The molecular formula is C43H49Br2FN4O5. The maximum Gasteiger partial charge on any atom is 0.311 e. The summed E-state index contributed by atoms with van der Waals surface area (Å²) in [7, 11) is 0. The van der Waals surface area contributed by atoms with Gasteiger partial charge in [0, 0.05) is 30.6 Å². The van der Waals surface area contributed by atoms with E-state index >= 15 is 0 Å². The molecule has 0 unspecified atom stereocenters. The number of primary amides is 1. The van der Waals surface area contributed by atoms with Crippen molar-refractivity contribution in [3.05, 3.63) is 105 Å². The van der Waals surface area contributed by atoms with E-state index in [9.17, 15) is 24.0 Å². The molecule has 3 aliphatic rings. The number of Topliss-reactive ketones (excluding diaryl/α,β-unsaturated/α-hetero) is 1. The molecule has 0 bridgehead atoms. The molecule has 3 aromatic rings. The zero-order valence-electron chi connectivity index (χ0n) is 31.4. The van der Waals surface area contributed by atoms with Crippen molar-refractivity contribution >= 4 is 49.5 Å². The third-order valence-electron chi connectivity index (χ3n) is 11.1. The van der Waals surface area contributed by atoms with Crippen LogP contribution in [0, 0.1) is 34.4 Å². The number of ketones is 1. The van der Waals surface area contributed by atoms with Crippen LogP contribution in [-0.2, 0) is 14.3 Å². The Kier molecular flexibility index (Phi) is 14.8. The Balaban J connectivity index is 0.000000211. The number of hydrogen-bond acceptors (Lipinski definition) is 8. The van der Waals surface area contributed by atoms with Gasteiger partial charge in [-0.15, -0.1) is 0 Å². The number of carbonyl (C=O) groups is 3. The maximum absolute atomic E-state index is 12.9. The Morgan fingerprint density at radius 3 is 2.22 bits per heavy atom. The number of benzene rings is 3. The molecule has 55 heavy (non-hydrogen) atoms. The number of ether oxygens (including phenoxy) is 2. The highest BCUT2D eigenvalue weighted by Gasteiger charge is 2.62. The number of nitrogens with zero attached hydrogens (tertiary/aromatic N) is 3. The fraction of sp³-hybridized carbons (Fsp3) is 0.442. The van der Waals surface area contributed by atoms with E-state index in [2.05, 4.69) is 47.7 Å². The normalized spacial score (nSPS) is 20.7. The second-order valence-corrected chi connectivity index (χ2v) is 17.8. The predicted molar refractivity (Wildman–Crippen MR) is 217 cm³/mol. The van der Waals surface area contributed by atoms with Crippen LogP contribution < -0.4 is 10.5 Å². The Morgan fingerprint density at radius 1 is 0.945 bits per heavy atom. The van der Waals surface area contributed by atoms with Gasteiger partial charge in [0.2, 0.25) is 12.0 Å². The summed E-state index contributed by atoms with van der Waals surface area (Å²) in [6.07, 6.45) is 7.25. The molecule has 1 saturated carbocycles. The molecule has 1 aliphatic carbocycles. The lowest BCUT2D eigenvalue weighted by atomic mass is 9.83. The van der Waals surface area contributed by atoms with Crippen LogP contribution in [0.25, 0.3) is 0 Å². The minimum absolute atomic E-state index is 0.0480. The maximum atomic E-state index is 12.9. The summed E-state index contributed by atoms with van der Waals surface area (Å²) in [5.41, 5.74) is 6.27. The molecule has 292 valence electrons. The Morgan fingerprint density at radius 2 is 1.60 bits per heavy atom. The molecule has 0 aromatic heterocycles. The van der Waals surface area contributed by atoms with Crippen LogP contribution in [0.1, 0.15) is 80.8 Å². The Bertz CT molecular complexity index is 1850. The number of piperidine rings is 2. The summed E-state index contributed by atoms with van der Waals surface area (Å²) in [6.45, 7) is 8.47. The van der Waals surface area contributed by atoms with Crippen molar-refractivity contribution in [3.63, 3.8) is 0 Å². The van der Waals surface area contributed by atoms with E-state index in [-0.39, 0.29) is 40.7 Å². The zero-order valence-corrected chi connectivity index (χ0v) is 34.6. The molecule has 2 heterocycles. The number of rotatable bonds is 13. The lowest BCUT2D eigenvalue weighted by Gasteiger charge is -2.48. The molecule has 12 heteroatoms. The number of esters is 1. The number of para-hydroxylation sites is 1. The van der Waals surface area contributed by atoms with E-state index in [0.717, 1.165) is 68.2 Å². The number of carbonyl (C=O) groups excluding carboxylic acids is 3. The van der Waals surface area contributed by atoms with Crippen LogP contribution in [0.4, 0.5) is 4.39 Å². The fourth-order valence-electron chi connectivity index (χ4n) is 7.73. The second kappa shape index (κ2) is 19.3. The standard InChI is InChI=1S/C22H19Br2NO3.C21H30FN3O2/c1-22(2)17(12-19(23)24)20(22)21(26)28-18(13-25)14-7-6-10-16(11-14)27-15-8-4-3-5-9-15;22-18-8-6-17(7-9-18)19(26)5-4-12-24-15-10-21(11-16-24,20(23)27)25-13-2-1-3-14-25/h3-12,17-18,20H,1-2H3;6-9H,1-5,10-16H2,(H2,23,27)/t17-,18+,20-;/m0./s1. The summed E-state index contributed by atoms with van der Waals surface area (Å²) in [5.74, 6) is 0.218. The smallest absolute Gasteiger partial charge is 0.311 e.